The van der Waals surface area contributed by atoms with E-state index in [0.29, 0.717) is 0 Å². The van der Waals surface area contributed by atoms with Crippen LogP contribution in [-0.2, 0) is 24.2 Å². The molecular formula is C22H26N2O. The molecule has 1 heterocycles. The van der Waals surface area contributed by atoms with Gasteiger partial charge in [0.15, 0.2) is 0 Å². The molecule has 25 heavy (non-hydrogen) atoms. The Balaban J connectivity index is 1.44. The Morgan fingerprint density at radius 3 is 2.60 bits per heavy atom. The number of nitrogens with zero attached hydrogens (tertiary/aromatic N) is 1. The fraction of sp³-hybridized carbons (Fsp3) is 0.409. The average Bonchev–Trinajstić information content (AvgIpc) is 2.67. The van der Waals surface area contributed by atoms with Gasteiger partial charge in [0.1, 0.15) is 0 Å². The molecule has 0 saturated heterocycles. The number of fused-ring (bicyclic) bond motifs is 2. The van der Waals surface area contributed by atoms with Crippen molar-refractivity contribution in [2.75, 3.05) is 6.54 Å². The monoisotopic (exact) mass is 334 g/mol. The Bertz CT molecular complexity index is 770. The highest BCUT2D eigenvalue weighted by molar-refractivity contribution is 5.82. The molecule has 4 rings (SSSR count). The fourth-order valence-corrected chi connectivity index (χ4v) is 4.21. The van der Waals surface area contributed by atoms with E-state index < -0.39 is 0 Å². The Labute approximate surface area is 150 Å². The minimum absolute atomic E-state index is 0.0950. The summed E-state index contributed by atoms with van der Waals surface area (Å²) in [5.74, 6) is 0.154. The molecular weight excluding hydrogens is 308 g/mol. The van der Waals surface area contributed by atoms with Gasteiger partial charge in [0.2, 0.25) is 5.91 Å². The highest BCUT2D eigenvalue weighted by Gasteiger charge is 2.28. The van der Waals surface area contributed by atoms with Gasteiger partial charge in [-0.3, -0.25) is 9.69 Å². The van der Waals surface area contributed by atoms with E-state index in [-0.39, 0.29) is 18.0 Å². The van der Waals surface area contributed by atoms with Crippen molar-refractivity contribution in [1.82, 2.24) is 10.2 Å². The van der Waals surface area contributed by atoms with Gasteiger partial charge in [-0.25, -0.2) is 0 Å². The lowest BCUT2D eigenvalue weighted by atomic mass is 9.87. The number of hydrogen-bond donors (Lipinski definition) is 1. The van der Waals surface area contributed by atoms with E-state index in [1.807, 2.05) is 6.92 Å². The van der Waals surface area contributed by atoms with Crippen LogP contribution in [0.5, 0.6) is 0 Å². The maximum atomic E-state index is 12.9. The minimum atomic E-state index is -0.0950. The maximum absolute atomic E-state index is 12.9. The van der Waals surface area contributed by atoms with Crippen molar-refractivity contribution in [1.29, 1.82) is 0 Å². The highest BCUT2D eigenvalue weighted by Crippen LogP contribution is 2.29. The largest absolute Gasteiger partial charge is 0.348 e. The molecule has 2 aromatic rings. The molecule has 2 aliphatic rings. The summed E-state index contributed by atoms with van der Waals surface area (Å²) in [6.07, 6.45) is 4.34. The van der Waals surface area contributed by atoms with Gasteiger partial charge in [0.25, 0.3) is 0 Å². The van der Waals surface area contributed by atoms with E-state index in [2.05, 4.69) is 58.7 Å². The highest BCUT2D eigenvalue weighted by atomic mass is 16.2. The first-order valence-electron chi connectivity index (χ1n) is 9.41. The van der Waals surface area contributed by atoms with Gasteiger partial charge in [-0.1, -0.05) is 48.5 Å². The van der Waals surface area contributed by atoms with Crippen LogP contribution >= 0.6 is 0 Å². The normalized spacial score (nSPS) is 21.1. The summed E-state index contributed by atoms with van der Waals surface area (Å²) in [6.45, 7) is 3.86. The number of aryl methyl sites for hydroxylation is 1. The van der Waals surface area contributed by atoms with Crippen LogP contribution in [0.15, 0.2) is 48.5 Å². The molecule has 1 aliphatic heterocycles. The second-order valence-corrected chi connectivity index (χ2v) is 7.32. The number of rotatable bonds is 3. The quantitative estimate of drug-likeness (QED) is 0.930. The lowest BCUT2D eigenvalue weighted by Crippen LogP contribution is -2.48. The molecule has 3 heteroatoms. The number of nitrogens with one attached hydrogen (secondary N) is 1. The van der Waals surface area contributed by atoms with E-state index in [1.54, 1.807) is 0 Å². The SMILES string of the molecule is CC(C(=O)NC1CCCc2ccccc21)N1CCc2ccccc2C1. The zero-order valence-electron chi connectivity index (χ0n) is 14.9. The number of carbonyl (C=O) groups excluding carboxylic acids is 1. The second kappa shape index (κ2) is 7.01. The van der Waals surface area contributed by atoms with Crippen LogP contribution < -0.4 is 5.32 Å². The number of amides is 1. The van der Waals surface area contributed by atoms with Crippen molar-refractivity contribution in [3.63, 3.8) is 0 Å². The van der Waals surface area contributed by atoms with Crippen LogP contribution in [0.3, 0.4) is 0 Å². The Morgan fingerprint density at radius 1 is 1.04 bits per heavy atom. The van der Waals surface area contributed by atoms with Crippen molar-refractivity contribution >= 4 is 5.91 Å². The molecule has 0 fully saturated rings. The summed E-state index contributed by atoms with van der Waals surface area (Å²) in [5.41, 5.74) is 5.47. The Morgan fingerprint density at radius 2 is 1.76 bits per heavy atom. The first-order chi connectivity index (χ1) is 12.2. The Kier molecular flexibility index (Phi) is 4.58. The molecule has 2 aromatic carbocycles. The third-order valence-electron chi connectivity index (χ3n) is 5.77. The van der Waals surface area contributed by atoms with Gasteiger partial charge in [-0.2, -0.15) is 0 Å². The summed E-state index contributed by atoms with van der Waals surface area (Å²) < 4.78 is 0. The lowest BCUT2D eigenvalue weighted by Gasteiger charge is -2.34. The van der Waals surface area contributed by atoms with Gasteiger partial charge in [-0.05, 0) is 54.9 Å². The van der Waals surface area contributed by atoms with Crippen LogP contribution in [0.2, 0.25) is 0 Å². The number of carbonyl (C=O) groups is 1. The zero-order valence-corrected chi connectivity index (χ0v) is 14.9. The standard InChI is InChI=1S/C22H26N2O/c1-16(24-14-13-17-7-2-3-9-19(17)15-24)22(25)23-21-12-6-10-18-8-4-5-11-20(18)21/h2-5,7-9,11,16,21H,6,10,12-15H2,1H3,(H,23,25). The van der Waals surface area contributed by atoms with Crippen LogP contribution in [0, 0.1) is 0 Å². The third kappa shape index (κ3) is 3.34. The smallest absolute Gasteiger partial charge is 0.237 e. The van der Waals surface area contributed by atoms with Gasteiger partial charge in [0.05, 0.1) is 12.1 Å². The topological polar surface area (TPSA) is 32.3 Å². The number of hydrogen-bond acceptors (Lipinski definition) is 2. The van der Waals surface area contributed by atoms with Crippen molar-refractivity contribution in [3.05, 3.63) is 70.8 Å². The van der Waals surface area contributed by atoms with E-state index in [0.717, 1.165) is 38.8 Å². The molecule has 0 bridgehead atoms. The van der Waals surface area contributed by atoms with Gasteiger partial charge < -0.3 is 5.32 Å². The molecule has 1 amide bonds. The van der Waals surface area contributed by atoms with Gasteiger partial charge in [-0.15, -0.1) is 0 Å². The van der Waals surface area contributed by atoms with Crippen molar-refractivity contribution in [2.24, 2.45) is 0 Å². The first-order valence-corrected chi connectivity index (χ1v) is 9.41. The van der Waals surface area contributed by atoms with Crippen LogP contribution in [-0.4, -0.2) is 23.4 Å². The molecule has 2 atom stereocenters. The molecule has 1 N–H and O–H groups in total. The summed E-state index contributed by atoms with van der Waals surface area (Å²) >= 11 is 0. The van der Waals surface area contributed by atoms with E-state index >= 15 is 0 Å². The van der Waals surface area contributed by atoms with Crippen molar-refractivity contribution in [2.45, 2.75) is 51.2 Å². The zero-order chi connectivity index (χ0) is 17.2. The molecule has 0 saturated carbocycles. The van der Waals surface area contributed by atoms with Crippen LogP contribution in [0.1, 0.15) is 48.1 Å². The molecule has 1 aliphatic carbocycles. The average molecular weight is 334 g/mol. The molecule has 2 unspecified atom stereocenters. The van der Waals surface area contributed by atoms with Gasteiger partial charge in [0, 0.05) is 13.1 Å². The molecule has 130 valence electrons. The van der Waals surface area contributed by atoms with Crippen molar-refractivity contribution in [3.8, 4) is 0 Å². The molecule has 3 nitrogen and oxygen atoms in total. The summed E-state index contributed by atoms with van der Waals surface area (Å²) in [6, 6.07) is 17.2. The van der Waals surface area contributed by atoms with Crippen molar-refractivity contribution < 1.29 is 4.79 Å². The minimum Gasteiger partial charge on any atom is -0.348 e. The van der Waals surface area contributed by atoms with Gasteiger partial charge >= 0.3 is 0 Å². The first kappa shape index (κ1) is 16.3. The summed E-state index contributed by atoms with van der Waals surface area (Å²) in [4.78, 5) is 15.2. The predicted molar refractivity (Wildman–Crippen MR) is 100 cm³/mol. The lowest BCUT2D eigenvalue weighted by molar-refractivity contribution is -0.127. The molecule has 0 aromatic heterocycles. The van der Waals surface area contributed by atoms with Crippen LogP contribution in [0.4, 0.5) is 0 Å². The fourth-order valence-electron chi connectivity index (χ4n) is 4.21. The molecule has 0 radical (unpaired) electrons. The Hall–Kier alpha value is -2.13. The van der Waals surface area contributed by atoms with E-state index in [4.69, 9.17) is 0 Å². The third-order valence-corrected chi connectivity index (χ3v) is 5.77. The summed E-state index contributed by atoms with van der Waals surface area (Å²) in [5, 5.41) is 3.32. The number of benzene rings is 2. The van der Waals surface area contributed by atoms with E-state index in [1.165, 1.54) is 22.3 Å². The maximum Gasteiger partial charge on any atom is 0.237 e. The summed E-state index contributed by atoms with van der Waals surface area (Å²) in [7, 11) is 0. The predicted octanol–water partition coefficient (Wildman–Crippen LogP) is 3.63. The van der Waals surface area contributed by atoms with E-state index in [9.17, 15) is 4.79 Å². The molecule has 0 spiro atoms. The van der Waals surface area contributed by atoms with Crippen LogP contribution in [0.25, 0.3) is 0 Å². The second-order valence-electron chi connectivity index (χ2n) is 7.32.